The Kier molecular flexibility index (Phi) is 5.98. The third kappa shape index (κ3) is 4.55. The maximum Gasteiger partial charge on any atom is 0.251 e. The van der Waals surface area contributed by atoms with Gasteiger partial charge in [0.2, 0.25) is 0 Å². The molecule has 4 heteroatoms. The first kappa shape index (κ1) is 17.0. The van der Waals surface area contributed by atoms with Crippen LogP contribution in [-0.2, 0) is 16.1 Å². The number of aliphatic hydroxyl groups is 1. The normalized spacial score (nSPS) is 18.1. The van der Waals surface area contributed by atoms with Crippen molar-refractivity contribution in [3.05, 3.63) is 35.9 Å². The number of carbonyl (C=O) groups is 1. The van der Waals surface area contributed by atoms with Crippen LogP contribution >= 0.6 is 0 Å². The van der Waals surface area contributed by atoms with Gasteiger partial charge in [-0.1, -0.05) is 43.2 Å². The van der Waals surface area contributed by atoms with Gasteiger partial charge in [0, 0.05) is 19.7 Å². The van der Waals surface area contributed by atoms with Gasteiger partial charge in [-0.15, -0.1) is 0 Å². The van der Waals surface area contributed by atoms with Crippen LogP contribution in [0.3, 0.4) is 0 Å². The molecule has 1 aliphatic rings. The van der Waals surface area contributed by atoms with E-state index in [1.54, 1.807) is 11.8 Å². The van der Waals surface area contributed by atoms with E-state index >= 15 is 0 Å². The van der Waals surface area contributed by atoms with Crippen molar-refractivity contribution in [2.75, 3.05) is 13.2 Å². The molecule has 122 valence electrons. The molecule has 1 fully saturated rings. The molecule has 1 amide bonds. The molecule has 1 saturated carbocycles. The minimum Gasteiger partial charge on any atom is -0.388 e. The molecule has 1 atom stereocenters. The molecule has 1 aliphatic carbocycles. The summed E-state index contributed by atoms with van der Waals surface area (Å²) >= 11 is 0. The van der Waals surface area contributed by atoms with E-state index in [0.29, 0.717) is 19.7 Å². The van der Waals surface area contributed by atoms with Crippen molar-refractivity contribution in [3.63, 3.8) is 0 Å². The Morgan fingerprint density at radius 3 is 2.55 bits per heavy atom. The SMILES string of the molecule is CCOC(C)C(=O)N(Cc1ccccc1)CC1(O)CCCC1. The summed E-state index contributed by atoms with van der Waals surface area (Å²) in [6.45, 7) is 5.08. The molecule has 1 unspecified atom stereocenters. The molecule has 4 nitrogen and oxygen atoms in total. The number of ether oxygens (including phenoxy) is 1. The van der Waals surface area contributed by atoms with E-state index in [4.69, 9.17) is 4.74 Å². The van der Waals surface area contributed by atoms with E-state index in [9.17, 15) is 9.90 Å². The van der Waals surface area contributed by atoms with Crippen molar-refractivity contribution in [1.82, 2.24) is 4.90 Å². The lowest BCUT2D eigenvalue weighted by Crippen LogP contribution is -2.47. The van der Waals surface area contributed by atoms with E-state index in [1.807, 2.05) is 37.3 Å². The second-order valence-corrected chi connectivity index (χ2v) is 6.21. The minimum absolute atomic E-state index is 0.0500. The Hall–Kier alpha value is -1.39. The van der Waals surface area contributed by atoms with Crippen LogP contribution in [0, 0.1) is 0 Å². The predicted molar refractivity (Wildman–Crippen MR) is 86.4 cm³/mol. The van der Waals surface area contributed by atoms with Gasteiger partial charge >= 0.3 is 0 Å². The maximum atomic E-state index is 12.7. The van der Waals surface area contributed by atoms with E-state index in [-0.39, 0.29) is 5.91 Å². The molecule has 1 aromatic rings. The Labute approximate surface area is 133 Å². The summed E-state index contributed by atoms with van der Waals surface area (Å²) < 4.78 is 5.45. The number of hydrogen-bond acceptors (Lipinski definition) is 3. The fourth-order valence-electron chi connectivity index (χ4n) is 3.14. The van der Waals surface area contributed by atoms with Crippen LogP contribution < -0.4 is 0 Å². The average Bonchev–Trinajstić information content (AvgIpc) is 2.93. The lowest BCUT2D eigenvalue weighted by Gasteiger charge is -2.33. The smallest absolute Gasteiger partial charge is 0.251 e. The first-order valence-corrected chi connectivity index (χ1v) is 8.21. The first-order chi connectivity index (χ1) is 10.5. The van der Waals surface area contributed by atoms with E-state index in [1.165, 1.54) is 0 Å². The van der Waals surface area contributed by atoms with Crippen LogP contribution in [0.25, 0.3) is 0 Å². The summed E-state index contributed by atoms with van der Waals surface area (Å²) in [6, 6.07) is 9.90. The molecule has 0 radical (unpaired) electrons. The zero-order valence-corrected chi connectivity index (χ0v) is 13.6. The third-order valence-corrected chi connectivity index (χ3v) is 4.31. The monoisotopic (exact) mass is 305 g/mol. The van der Waals surface area contributed by atoms with Gasteiger partial charge in [0.05, 0.1) is 5.60 Å². The second kappa shape index (κ2) is 7.75. The molecule has 2 rings (SSSR count). The molecule has 1 aromatic carbocycles. The topological polar surface area (TPSA) is 49.8 Å². The molecule has 0 bridgehead atoms. The number of carbonyl (C=O) groups excluding carboxylic acids is 1. The van der Waals surface area contributed by atoms with E-state index < -0.39 is 11.7 Å². The van der Waals surface area contributed by atoms with Crippen LogP contribution in [0.4, 0.5) is 0 Å². The van der Waals surface area contributed by atoms with Crippen LogP contribution in [0.15, 0.2) is 30.3 Å². The standard InChI is InChI=1S/C18H27NO3/c1-3-22-15(2)17(20)19(13-16-9-5-4-6-10-16)14-18(21)11-7-8-12-18/h4-6,9-10,15,21H,3,7-8,11-14H2,1-2H3. The van der Waals surface area contributed by atoms with Gasteiger partial charge in [-0.05, 0) is 32.3 Å². The Morgan fingerprint density at radius 2 is 1.95 bits per heavy atom. The van der Waals surface area contributed by atoms with Gasteiger partial charge in [-0.2, -0.15) is 0 Å². The zero-order valence-electron chi connectivity index (χ0n) is 13.6. The minimum atomic E-state index is -0.740. The number of hydrogen-bond donors (Lipinski definition) is 1. The van der Waals surface area contributed by atoms with Crippen molar-refractivity contribution >= 4 is 5.91 Å². The quantitative estimate of drug-likeness (QED) is 0.842. The second-order valence-electron chi connectivity index (χ2n) is 6.21. The van der Waals surface area contributed by atoms with Crippen molar-refractivity contribution in [2.24, 2.45) is 0 Å². The van der Waals surface area contributed by atoms with Crippen LogP contribution in [0.2, 0.25) is 0 Å². The van der Waals surface area contributed by atoms with Gasteiger partial charge < -0.3 is 14.7 Å². The Bertz CT molecular complexity index is 468. The van der Waals surface area contributed by atoms with Gasteiger partial charge in [0.15, 0.2) is 0 Å². The molecule has 0 aromatic heterocycles. The highest BCUT2D eigenvalue weighted by Crippen LogP contribution is 2.30. The maximum absolute atomic E-state index is 12.7. The highest BCUT2D eigenvalue weighted by atomic mass is 16.5. The predicted octanol–water partition coefficient (Wildman–Crippen LogP) is 2.75. The van der Waals surface area contributed by atoms with Crippen LogP contribution in [0.1, 0.15) is 45.1 Å². The Morgan fingerprint density at radius 1 is 1.32 bits per heavy atom. The fraction of sp³-hybridized carbons (Fsp3) is 0.611. The highest BCUT2D eigenvalue weighted by Gasteiger charge is 2.35. The number of rotatable bonds is 7. The van der Waals surface area contributed by atoms with E-state index in [2.05, 4.69) is 0 Å². The number of nitrogens with zero attached hydrogens (tertiary/aromatic N) is 1. The first-order valence-electron chi connectivity index (χ1n) is 8.21. The van der Waals surface area contributed by atoms with Crippen molar-refractivity contribution in [3.8, 4) is 0 Å². The molecule has 0 saturated heterocycles. The summed E-state index contributed by atoms with van der Waals surface area (Å²) in [5.41, 5.74) is 0.331. The van der Waals surface area contributed by atoms with Gasteiger partial charge in [0.25, 0.3) is 5.91 Å². The summed E-state index contributed by atoms with van der Waals surface area (Å²) in [4.78, 5) is 14.4. The lowest BCUT2D eigenvalue weighted by molar-refractivity contribution is -0.146. The molecule has 22 heavy (non-hydrogen) atoms. The summed E-state index contributed by atoms with van der Waals surface area (Å²) in [6.07, 6.45) is 3.14. The molecule has 0 aliphatic heterocycles. The summed E-state index contributed by atoms with van der Waals surface area (Å²) in [5, 5.41) is 10.7. The lowest BCUT2D eigenvalue weighted by atomic mass is 10.0. The Balaban J connectivity index is 2.10. The summed E-state index contributed by atoms with van der Waals surface area (Å²) in [5.74, 6) is -0.0500. The van der Waals surface area contributed by atoms with Gasteiger partial charge in [0.1, 0.15) is 6.10 Å². The van der Waals surface area contributed by atoms with E-state index in [0.717, 1.165) is 31.2 Å². The summed E-state index contributed by atoms with van der Waals surface area (Å²) in [7, 11) is 0. The van der Waals surface area contributed by atoms with Crippen molar-refractivity contribution in [2.45, 2.75) is 57.8 Å². The fourth-order valence-corrected chi connectivity index (χ4v) is 3.14. The van der Waals surface area contributed by atoms with Crippen molar-refractivity contribution < 1.29 is 14.6 Å². The van der Waals surface area contributed by atoms with Gasteiger partial charge in [-0.25, -0.2) is 0 Å². The molecule has 1 N–H and O–H groups in total. The van der Waals surface area contributed by atoms with Crippen molar-refractivity contribution in [1.29, 1.82) is 0 Å². The van der Waals surface area contributed by atoms with Crippen LogP contribution in [0.5, 0.6) is 0 Å². The zero-order chi connectivity index (χ0) is 16.0. The largest absolute Gasteiger partial charge is 0.388 e. The average molecular weight is 305 g/mol. The number of benzene rings is 1. The molecule has 0 spiro atoms. The third-order valence-electron chi connectivity index (χ3n) is 4.31. The molecular weight excluding hydrogens is 278 g/mol. The number of amides is 1. The molecular formula is C18H27NO3. The van der Waals surface area contributed by atoms with Crippen LogP contribution in [-0.4, -0.2) is 40.8 Å². The van der Waals surface area contributed by atoms with Gasteiger partial charge in [-0.3, -0.25) is 4.79 Å². The molecule has 0 heterocycles. The highest BCUT2D eigenvalue weighted by molar-refractivity contribution is 5.80.